The highest BCUT2D eigenvalue weighted by Crippen LogP contribution is 2.41. The molecule has 0 saturated carbocycles. The first-order valence-corrected chi connectivity index (χ1v) is 10.2. The Morgan fingerprint density at radius 2 is 1.58 bits per heavy atom. The van der Waals surface area contributed by atoms with Crippen LogP contribution in [-0.4, -0.2) is 38.8 Å². The summed E-state index contributed by atoms with van der Waals surface area (Å²) in [6.07, 6.45) is 0.731. The van der Waals surface area contributed by atoms with E-state index in [2.05, 4.69) is 5.32 Å². The molecule has 1 atom stereocenters. The fourth-order valence-electron chi connectivity index (χ4n) is 4.03. The second kappa shape index (κ2) is 9.00. The maximum Gasteiger partial charge on any atom is 0.322 e. The van der Waals surface area contributed by atoms with Crippen LogP contribution in [0.25, 0.3) is 0 Å². The standard InChI is InChI=1S/C25H26N2O4/c1-29-20-11-9-19(10-12-20)26-25(28)27-14-13-18-15-22(30-2)23(31-3)16-21(18)24(27)17-7-5-4-6-8-17/h4-12,15-16,24H,13-14H2,1-3H3,(H,26,28). The molecule has 31 heavy (non-hydrogen) atoms. The third-order valence-electron chi connectivity index (χ3n) is 5.59. The number of fused-ring (bicyclic) bond motifs is 1. The van der Waals surface area contributed by atoms with Crippen molar-refractivity contribution in [3.8, 4) is 17.2 Å². The Labute approximate surface area is 182 Å². The number of ether oxygens (including phenoxy) is 3. The van der Waals surface area contributed by atoms with Crippen molar-refractivity contribution in [2.45, 2.75) is 12.5 Å². The topological polar surface area (TPSA) is 60.0 Å². The fourth-order valence-corrected chi connectivity index (χ4v) is 4.03. The average molecular weight is 418 g/mol. The predicted molar refractivity (Wildman–Crippen MR) is 120 cm³/mol. The number of rotatable bonds is 5. The molecular weight excluding hydrogens is 392 g/mol. The van der Waals surface area contributed by atoms with Crippen molar-refractivity contribution in [3.63, 3.8) is 0 Å². The minimum Gasteiger partial charge on any atom is -0.497 e. The Bertz CT molecular complexity index is 1050. The van der Waals surface area contributed by atoms with Crippen LogP contribution in [0.1, 0.15) is 22.7 Å². The Morgan fingerprint density at radius 3 is 2.23 bits per heavy atom. The number of benzene rings is 3. The van der Waals surface area contributed by atoms with Crippen molar-refractivity contribution in [2.24, 2.45) is 0 Å². The molecule has 160 valence electrons. The highest BCUT2D eigenvalue weighted by atomic mass is 16.5. The van der Waals surface area contributed by atoms with Crippen LogP contribution in [0.5, 0.6) is 17.2 Å². The van der Waals surface area contributed by atoms with Gasteiger partial charge in [0.1, 0.15) is 5.75 Å². The van der Waals surface area contributed by atoms with Crippen LogP contribution < -0.4 is 19.5 Å². The lowest BCUT2D eigenvalue weighted by molar-refractivity contribution is 0.193. The Kier molecular flexibility index (Phi) is 5.98. The monoisotopic (exact) mass is 418 g/mol. The van der Waals surface area contributed by atoms with Gasteiger partial charge in [-0.2, -0.15) is 0 Å². The molecule has 0 fully saturated rings. The van der Waals surface area contributed by atoms with E-state index in [0.717, 1.165) is 34.5 Å². The maximum absolute atomic E-state index is 13.3. The van der Waals surface area contributed by atoms with E-state index in [-0.39, 0.29) is 12.1 Å². The zero-order valence-corrected chi connectivity index (χ0v) is 17.9. The fraction of sp³-hybridized carbons (Fsp3) is 0.240. The number of carbonyl (C=O) groups excluding carboxylic acids is 1. The van der Waals surface area contributed by atoms with Crippen LogP contribution in [0, 0.1) is 0 Å². The minimum absolute atomic E-state index is 0.153. The molecule has 6 nitrogen and oxygen atoms in total. The third kappa shape index (κ3) is 4.14. The maximum atomic E-state index is 13.3. The van der Waals surface area contributed by atoms with Gasteiger partial charge in [-0.3, -0.25) is 0 Å². The Hall–Kier alpha value is -3.67. The number of methoxy groups -OCH3 is 3. The lowest BCUT2D eigenvalue weighted by Crippen LogP contribution is -2.43. The SMILES string of the molecule is COc1ccc(NC(=O)N2CCc3cc(OC)c(OC)cc3C2c2ccccc2)cc1. The van der Waals surface area contributed by atoms with Crippen LogP contribution >= 0.6 is 0 Å². The molecule has 3 aromatic rings. The van der Waals surface area contributed by atoms with E-state index in [9.17, 15) is 4.79 Å². The first kappa shape index (κ1) is 20.6. The van der Waals surface area contributed by atoms with Crippen LogP contribution in [0.4, 0.5) is 10.5 Å². The Morgan fingerprint density at radius 1 is 0.903 bits per heavy atom. The van der Waals surface area contributed by atoms with Gasteiger partial charge in [-0.1, -0.05) is 30.3 Å². The second-order valence-corrected chi connectivity index (χ2v) is 7.32. The molecule has 1 unspecified atom stereocenters. The van der Waals surface area contributed by atoms with Crippen LogP contribution in [0.2, 0.25) is 0 Å². The van der Waals surface area contributed by atoms with E-state index >= 15 is 0 Å². The van der Waals surface area contributed by atoms with Crippen LogP contribution in [0.3, 0.4) is 0 Å². The second-order valence-electron chi connectivity index (χ2n) is 7.32. The molecule has 0 spiro atoms. The van der Waals surface area contributed by atoms with E-state index in [4.69, 9.17) is 14.2 Å². The van der Waals surface area contributed by atoms with Gasteiger partial charge in [0.05, 0.1) is 27.4 Å². The molecule has 4 rings (SSSR count). The van der Waals surface area contributed by atoms with Crippen molar-refractivity contribution in [1.29, 1.82) is 0 Å². The van der Waals surface area contributed by atoms with Gasteiger partial charge in [0.15, 0.2) is 11.5 Å². The molecule has 0 bridgehead atoms. The number of anilines is 1. The molecule has 0 radical (unpaired) electrons. The molecule has 1 aliphatic heterocycles. The lowest BCUT2D eigenvalue weighted by atomic mass is 9.88. The van der Waals surface area contributed by atoms with Gasteiger partial charge in [-0.15, -0.1) is 0 Å². The number of urea groups is 1. The number of nitrogens with one attached hydrogen (secondary N) is 1. The van der Waals surface area contributed by atoms with Crippen molar-refractivity contribution in [1.82, 2.24) is 4.90 Å². The van der Waals surface area contributed by atoms with Gasteiger partial charge in [0.2, 0.25) is 0 Å². The van der Waals surface area contributed by atoms with Gasteiger partial charge in [0.25, 0.3) is 0 Å². The van der Waals surface area contributed by atoms with Gasteiger partial charge in [0, 0.05) is 12.2 Å². The summed E-state index contributed by atoms with van der Waals surface area (Å²) < 4.78 is 16.2. The van der Waals surface area contributed by atoms with E-state index in [1.807, 2.05) is 71.6 Å². The zero-order chi connectivity index (χ0) is 21.8. The van der Waals surface area contributed by atoms with E-state index in [1.165, 1.54) is 0 Å². The molecule has 6 heteroatoms. The Balaban J connectivity index is 1.71. The smallest absolute Gasteiger partial charge is 0.322 e. The number of amides is 2. The lowest BCUT2D eigenvalue weighted by Gasteiger charge is -2.38. The summed E-state index contributed by atoms with van der Waals surface area (Å²) >= 11 is 0. The highest BCUT2D eigenvalue weighted by molar-refractivity contribution is 5.90. The molecule has 0 aliphatic carbocycles. The van der Waals surface area contributed by atoms with Crippen molar-refractivity contribution in [3.05, 3.63) is 83.4 Å². The first-order chi connectivity index (χ1) is 15.1. The summed E-state index contributed by atoms with van der Waals surface area (Å²) in [5.74, 6) is 2.09. The average Bonchev–Trinajstić information content (AvgIpc) is 2.83. The molecule has 1 heterocycles. The van der Waals surface area contributed by atoms with E-state index in [1.54, 1.807) is 21.3 Å². The molecule has 2 amide bonds. The zero-order valence-electron chi connectivity index (χ0n) is 17.9. The van der Waals surface area contributed by atoms with E-state index in [0.29, 0.717) is 18.0 Å². The third-order valence-corrected chi connectivity index (χ3v) is 5.59. The summed E-state index contributed by atoms with van der Waals surface area (Å²) in [5, 5.41) is 3.02. The summed E-state index contributed by atoms with van der Waals surface area (Å²) in [5.41, 5.74) is 3.95. The molecule has 3 aromatic carbocycles. The van der Waals surface area contributed by atoms with Crippen molar-refractivity contribution >= 4 is 11.7 Å². The van der Waals surface area contributed by atoms with Crippen molar-refractivity contribution in [2.75, 3.05) is 33.2 Å². The largest absolute Gasteiger partial charge is 0.497 e. The predicted octanol–water partition coefficient (Wildman–Crippen LogP) is 4.89. The summed E-state index contributed by atoms with van der Waals surface area (Å²) in [7, 11) is 4.88. The van der Waals surface area contributed by atoms with Gasteiger partial charge >= 0.3 is 6.03 Å². The molecule has 1 N–H and O–H groups in total. The summed E-state index contributed by atoms with van der Waals surface area (Å²) in [6, 6.07) is 21.0. The first-order valence-electron chi connectivity index (χ1n) is 10.2. The van der Waals surface area contributed by atoms with Gasteiger partial charge in [-0.05, 0) is 59.5 Å². The molecular formula is C25H26N2O4. The quantitative estimate of drug-likeness (QED) is 0.641. The van der Waals surface area contributed by atoms with Crippen LogP contribution in [0.15, 0.2) is 66.7 Å². The number of nitrogens with zero attached hydrogens (tertiary/aromatic N) is 1. The summed E-state index contributed by atoms with van der Waals surface area (Å²) in [4.78, 5) is 15.2. The highest BCUT2D eigenvalue weighted by Gasteiger charge is 2.33. The molecule has 0 saturated heterocycles. The van der Waals surface area contributed by atoms with Gasteiger partial charge < -0.3 is 24.4 Å². The summed E-state index contributed by atoms with van der Waals surface area (Å²) in [6.45, 7) is 0.587. The normalized spacial score (nSPS) is 15.1. The molecule has 0 aromatic heterocycles. The number of carbonyl (C=O) groups is 1. The number of hydrogen-bond donors (Lipinski definition) is 1. The van der Waals surface area contributed by atoms with E-state index < -0.39 is 0 Å². The van der Waals surface area contributed by atoms with Gasteiger partial charge in [-0.25, -0.2) is 4.79 Å². The molecule has 1 aliphatic rings. The minimum atomic E-state index is -0.233. The number of hydrogen-bond acceptors (Lipinski definition) is 4. The van der Waals surface area contributed by atoms with Crippen LogP contribution in [-0.2, 0) is 6.42 Å². The van der Waals surface area contributed by atoms with Crippen molar-refractivity contribution < 1.29 is 19.0 Å².